The molecule has 3 aromatic rings. The highest BCUT2D eigenvalue weighted by atomic mass is 35.5. The van der Waals surface area contributed by atoms with E-state index in [0.717, 1.165) is 0 Å². The normalized spacial score (nSPS) is 10.7. The number of rotatable bonds is 3. The second-order valence-electron chi connectivity index (χ2n) is 5.06. The third-order valence-corrected chi connectivity index (χ3v) is 4.01. The van der Waals surface area contributed by atoms with Gasteiger partial charge in [-0.25, -0.2) is 4.79 Å². The van der Waals surface area contributed by atoms with Gasteiger partial charge in [0.2, 0.25) is 0 Å². The van der Waals surface area contributed by atoms with E-state index in [-0.39, 0.29) is 16.0 Å². The monoisotopic (exact) mass is 379 g/mol. The zero-order valence-corrected chi connectivity index (χ0v) is 14.3. The Morgan fingerprint density at radius 1 is 1.20 bits per heavy atom. The number of ether oxygens (including phenoxy) is 1. The molecule has 0 aliphatic carbocycles. The summed E-state index contributed by atoms with van der Waals surface area (Å²) in [6, 6.07) is 9.10. The number of hydrogen-bond acceptors (Lipinski definition) is 5. The summed E-state index contributed by atoms with van der Waals surface area (Å²) in [5, 5.41) is 13.6. The first-order chi connectivity index (χ1) is 11.9. The minimum atomic E-state index is -1.01. The van der Waals surface area contributed by atoms with Crippen molar-refractivity contribution in [3.8, 4) is 11.5 Å². The van der Waals surface area contributed by atoms with Crippen LogP contribution in [0.25, 0.3) is 11.0 Å². The number of carbonyl (C=O) groups is 1. The molecule has 0 atom stereocenters. The van der Waals surface area contributed by atoms with Gasteiger partial charge in [-0.05, 0) is 30.3 Å². The number of halogens is 2. The van der Waals surface area contributed by atoms with Crippen molar-refractivity contribution in [1.29, 1.82) is 0 Å². The topological polar surface area (TPSA) is 88.8 Å². The summed E-state index contributed by atoms with van der Waals surface area (Å²) < 4.78 is 10.2. The number of methoxy groups -OCH3 is 1. The van der Waals surface area contributed by atoms with Gasteiger partial charge in [0.05, 0.1) is 17.5 Å². The van der Waals surface area contributed by atoms with Crippen LogP contribution >= 0.6 is 23.2 Å². The molecular formula is C17H11Cl2NO5. The Balaban J connectivity index is 2.10. The molecule has 1 heterocycles. The summed E-state index contributed by atoms with van der Waals surface area (Å²) in [6.07, 6.45) is 0. The molecule has 0 saturated carbocycles. The number of carbonyl (C=O) groups excluding carboxylic acids is 1. The van der Waals surface area contributed by atoms with Gasteiger partial charge in [0.15, 0.2) is 11.1 Å². The molecule has 0 aliphatic rings. The maximum Gasteiger partial charge on any atom is 0.353 e. The standard InChI is InChI=1S/C17H11Cl2NO5/c1-24-10-6-11-14(21)13(17(23)25-15(11)12(19)7-10)16(22)20-9-4-2-8(18)3-5-9/h2-7,21H,1H3,(H,20,22). The number of nitrogens with one attached hydrogen (secondary N) is 1. The smallest absolute Gasteiger partial charge is 0.353 e. The maximum absolute atomic E-state index is 12.4. The summed E-state index contributed by atoms with van der Waals surface area (Å²) >= 11 is 11.8. The fourth-order valence-electron chi connectivity index (χ4n) is 2.27. The lowest BCUT2D eigenvalue weighted by Crippen LogP contribution is -2.21. The van der Waals surface area contributed by atoms with Gasteiger partial charge in [-0.15, -0.1) is 0 Å². The highest BCUT2D eigenvalue weighted by Crippen LogP contribution is 2.35. The van der Waals surface area contributed by atoms with Crippen molar-refractivity contribution in [1.82, 2.24) is 0 Å². The Labute approximate surface area is 151 Å². The lowest BCUT2D eigenvalue weighted by molar-refractivity contribution is 0.102. The maximum atomic E-state index is 12.4. The highest BCUT2D eigenvalue weighted by Gasteiger charge is 2.23. The molecule has 0 aliphatic heterocycles. The fourth-order valence-corrected chi connectivity index (χ4v) is 2.64. The average molecular weight is 380 g/mol. The van der Waals surface area contributed by atoms with Gasteiger partial charge < -0.3 is 19.6 Å². The summed E-state index contributed by atoms with van der Waals surface area (Å²) in [5.41, 5.74) is -1.18. The van der Waals surface area contributed by atoms with E-state index < -0.39 is 22.8 Å². The van der Waals surface area contributed by atoms with Crippen LogP contribution in [0.3, 0.4) is 0 Å². The van der Waals surface area contributed by atoms with Gasteiger partial charge in [-0.1, -0.05) is 23.2 Å². The van der Waals surface area contributed by atoms with E-state index in [2.05, 4.69) is 5.32 Å². The number of benzene rings is 2. The lowest BCUT2D eigenvalue weighted by atomic mass is 10.1. The summed E-state index contributed by atoms with van der Waals surface area (Å²) in [7, 11) is 1.42. The predicted octanol–water partition coefficient (Wildman–Crippen LogP) is 4.07. The van der Waals surface area contributed by atoms with Crippen LogP contribution in [0.15, 0.2) is 45.6 Å². The number of amides is 1. The quantitative estimate of drug-likeness (QED) is 0.669. The molecule has 128 valence electrons. The first-order valence-electron chi connectivity index (χ1n) is 7.01. The predicted molar refractivity (Wildman–Crippen MR) is 95.1 cm³/mol. The third kappa shape index (κ3) is 3.26. The average Bonchev–Trinajstić information content (AvgIpc) is 2.57. The zero-order chi connectivity index (χ0) is 18.1. The van der Waals surface area contributed by atoms with Crippen molar-refractivity contribution in [2.45, 2.75) is 0 Å². The molecule has 1 amide bonds. The van der Waals surface area contributed by atoms with Gasteiger partial charge in [0.1, 0.15) is 11.5 Å². The SMILES string of the molecule is COc1cc(Cl)c2oc(=O)c(C(=O)Nc3ccc(Cl)cc3)c(O)c2c1. The molecule has 3 rings (SSSR count). The number of hydrogen-bond donors (Lipinski definition) is 2. The number of aromatic hydroxyl groups is 1. The molecule has 6 nitrogen and oxygen atoms in total. The van der Waals surface area contributed by atoms with E-state index in [1.807, 2.05) is 0 Å². The van der Waals surface area contributed by atoms with E-state index >= 15 is 0 Å². The molecule has 2 aromatic carbocycles. The molecule has 0 radical (unpaired) electrons. The van der Waals surface area contributed by atoms with Crippen molar-refractivity contribution >= 4 is 45.8 Å². The van der Waals surface area contributed by atoms with Crippen LogP contribution in [0, 0.1) is 0 Å². The molecule has 0 saturated heterocycles. The molecule has 1 aromatic heterocycles. The van der Waals surface area contributed by atoms with Crippen LogP contribution in [0.1, 0.15) is 10.4 Å². The van der Waals surface area contributed by atoms with Gasteiger partial charge in [-0.2, -0.15) is 0 Å². The van der Waals surface area contributed by atoms with Crippen LogP contribution in [-0.2, 0) is 0 Å². The third-order valence-electron chi connectivity index (χ3n) is 3.47. The second kappa shape index (κ2) is 6.66. The van der Waals surface area contributed by atoms with E-state index in [1.54, 1.807) is 24.3 Å². The van der Waals surface area contributed by atoms with Crippen molar-refractivity contribution in [2.75, 3.05) is 12.4 Å². The molecule has 8 heteroatoms. The van der Waals surface area contributed by atoms with Crippen molar-refractivity contribution in [3.05, 3.63) is 62.4 Å². The highest BCUT2D eigenvalue weighted by molar-refractivity contribution is 6.35. The minimum absolute atomic E-state index is 0.0343. The van der Waals surface area contributed by atoms with Crippen LogP contribution in [0.4, 0.5) is 5.69 Å². The Morgan fingerprint density at radius 2 is 1.88 bits per heavy atom. The second-order valence-corrected chi connectivity index (χ2v) is 5.90. The van der Waals surface area contributed by atoms with Crippen LogP contribution in [0.5, 0.6) is 11.5 Å². The van der Waals surface area contributed by atoms with Crippen LogP contribution in [-0.4, -0.2) is 18.1 Å². The largest absolute Gasteiger partial charge is 0.506 e. The fraction of sp³-hybridized carbons (Fsp3) is 0.0588. The first kappa shape index (κ1) is 17.1. The summed E-state index contributed by atoms with van der Waals surface area (Å²) in [6.45, 7) is 0. The number of anilines is 1. The van der Waals surface area contributed by atoms with Crippen molar-refractivity contribution in [3.63, 3.8) is 0 Å². The van der Waals surface area contributed by atoms with Crippen molar-refractivity contribution in [2.24, 2.45) is 0 Å². The molecular weight excluding hydrogens is 369 g/mol. The van der Waals surface area contributed by atoms with Gasteiger partial charge in [0.25, 0.3) is 5.91 Å². The Morgan fingerprint density at radius 3 is 2.52 bits per heavy atom. The van der Waals surface area contributed by atoms with E-state index in [0.29, 0.717) is 16.5 Å². The van der Waals surface area contributed by atoms with E-state index in [9.17, 15) is 14.7 Å². The van der Waals surface area contributed by atoms with Crippen LogP contribution < -0.4 is 15.7 Å². The molecule has 0 fully saturated rings. The molecule has 0 unspecified atom stereocenters. The van der Waals surface area contributed by atoms with Crippen molar-refractivity contribution < 1.29 is 19.1 Å². The Kier molecular flexibility index (Phi) is 4.57. The molecule has 0 bridgehead atoms. The Bertz CT molecular complexity index is 1030. The number of fused-ring (bicyclic) bond motifs is 1. The summed E-state index contributed by atoms with van der Waals surface area (Å²) in [4.78, 5) is 24.5. The van der Waals surface area contributed by atoms with Crippen LogP contribution in [0.2, 0.25) is 10.0 Å². The minimum Gasteiger partial charge on any atom is -0.506 e. The van der Waals surface area contributed by atoms with Gasteiger partial charge in [-0.3, -0.25) is 4.79 Å². The Hall–Kier alpha value is -2.70. The molecule has 2 N–H and O–H groups in total. The molecule has 25 heavy (non-hydrogen) atoms. The van der Waals surface area contributed by atoms with E-state index in [1.165, 1.54) is 19.2 Å². The summed E-state index contributed by atoms with van der Waals surface area (Å²) in [5.74, 6) is -1.03. The van der Waals surface area contributed by atoms with E-state index in [4.69, 9.17) is 32.4 Å². The van der Waals surface area contributed by atoms with Gasteiger partial charge >= 0.3 is 5.63 Å². The molecule has 0 spiro atoms. The first-order valence-corrected chi connectivity index (χ1v) is 7.76. The zero-order valence-electron chi connectivity index (χ0n) is 12.8. The lowest BCUT2D eigenvalue weighted by Gasteiger charge is -2.09. The van der Waals surface area contributed by atoms with Gasteiger partial charge in [0, 0.05) is 16.8 Å².